The topological polar surface area (TPSA) is 70.6 Å². The first-order valence-electron chi connectivity index (χ1n) is 15.6. The number of amides is 6. The number of hydrogen-bond acceptors (Lipinski definition) is 3. The molecule has 2 saturated heterocycles. The van der Waals surface area contributed by atoms with Crippen molar-refractivity contribution in [2.45, 2.75) is 46.0 Å². The summed E-state index contributed by atoms with van der Waals surface area (Å²) in [7, 11) is 3.56. The van der Waals surface area contributed by atoms with Gasteiger partial charge in [0.15, 0.2) is 0 Å². The molecule has 2 aromatic carbocycles. The number of para-hydroxylation sites is 1. The molecular formula is C33H48N6O3. The van der Waals surface area contributed by atoms with E-state index in [0.29, 0.717) is 38.5 Å². The van der Waals surface area contributed by atoms with Crippen LogP contribution in [-0.2, 0) is 6.42 Å². The van der Waals surface area contributed by atoms with Gasteiger partial charge in [0.1, 0.15) is 0 Å². The van der Waals surface area contributed by atoms with E-state index in [1.165, 1.54) is 0 Å². The van der Waals surface area contributed by atoms with Crippen molar-refractivity contribution in [1.82, 2.24) is 19.6 Å². The van der Waals surface area contributed by atoms with E-state index in [2.05, 4.69) is 0 Å². The normalized spacial score (nSPS) is 16.4. The smallest absolute Gasteiger partial charge is 0.325 e. The van der Waals surface area contributed by atoms with Crippen LogP contribution in [0.1, 0.15) is 45.1 Å². The second kappa shape index (κ2) is 14.9. The van der Waals surface area contributed by atoms with Crippen LogP contribution in [0.4, 0.5) is 25.8 Å². The summed E-state index contributed by atoms with van der Waals surface area (Å²) in [6, 6.07) is 17.7. The minimum Gasteiger partial charge on any atom is -0.325 e. The number of nitrogens with zero attached hydrogens (tertiary/aromatic N) is 6. The Morgan fingerprint density at radius 3 is 2.10 bits per heavy atom. The third-order valence-electron chi connectivity index (χ3n) is 8.73. The van der Waals surface area contributed by atoms with Gasteiger partial charge in [0.05, 0.1) is 0 Å². The average Bonchev–Trinajstić information content (AvgIpc) is 3.74. The van der Waals surface area contributed by atoms with Crippen molar-refractivity contribution >= 4 is 29.5 Å². The van der Waals surface area contributed by atoms with Gasteiger partial charge in [0.2, 0.25) is 0 Å². The van der Waals surface area contributed by atoms with Crippen LogP contribution in [0, 0.1) is 5.92 Å². The zero-order valence-corrected chi connectivity index (χ0v) is 25.9. The molecule has 42 heavy (non-hydrogen) atoms. The lowest BCUT2D eigenvalue weighted by atomic mass is 10.0. The number of likely N-dealkylation sites (N-methyl/N-ethyl adjacent to an activating group) is 1. The maximum atomic E-state index is 13.5. The number of anilines is 2. The van der Waals surface area contributed by atoms with Crippen molar-refractivity contribution in [3.05, 3.63) is 60.2 Å². The van der Waals surface area contributed by atoms with Crippen LogP contribution in [0.25, 0.3) is 0 Å². The predicted octanol–water partition coefficient (Wildman–Crippen LogP) is 5.61. The largest absolute Gasteiger partial charge is 0.328 e. The SMILES string of the molecule is CCN(CCc1cccc(N(C)C(=O)N(C)c2ccccc2)c1)C(=O)N(CC)CCC1CCN(C(=O)N2CCCC2)C1. The van der Waals surface area contributed by atoms with Crippen LogP contribution in [0.3, 0.4) is 0 Å². The van der Waals surface area contributed by atoms with E-state index in [4.69, 9.17) is 0 Å². The summed E-state index contributed by atoms with van der Waals surface area (Å²) in [4.78, 5) is 50.5. The molecule has 9 heteroatoms. The number of carbonyl (C=O) groups is 3. The van der Waals surface area contributed by atoms with Crippen LogP contribution in [-0.4, -0.2) is 104 Å². The van der Waals surface area contributed by atoms with Crippen LogP contribution in [0.2, 0.25) is 0 Å². The predicted molar refractivity (Wildman–Crippen MR) is 169 cm³/mol. The Balaban J connectivity index is 1.27. The Labute approximate surface area is 251 Å². The molecule has 228 valence electrons. The molecule has 2 aromatic rings. The Morgan fingerprint density at radius 2 is 1.40 bits per heavy atom. The van der Waals surface area contributed by atoms with Gasteiger partial charge in [0, 0.05) is 77.8 Å². The van der Waals surface area contributed by atoms with Gasteiger partial charge in [-0.2, -0.15) is 0 Å². The van der Waals surface area contributed by atoms with Crippen molar-refractivity contribution in [2.75, 3.05) is 76.3 Å². The van der Waals surface area contributed by atoms with Gasteiger partial charge >= 0.3 is 18.1 Å². The number of hydrogen-bond donors (Lipinski definition) is 0. The Bertz CT molecular complexity index is 1190. The first-order chi connectivity index (χ1) is 20.3. The Morgan fingerprint density at radius 1 is 0.762 bits per heavy atom. The molecule has 1 atom stereocenters. The molecule has 2 heterocycles. The minimum absolute atomic E-state index is 0.0657. The van der Waals surface area contributed by atoms with Crippen molar-refractivity contribution in [1.29, 1.82) is 0 Å². The maximum absolute atomic E-state index is 13.5. The van der Waals surface area contributed by atoms with Crippen LogP contribution in [0.5, 0.6) is 0 Å². The average molecular weight is 577 g/mol. The zero-order chi connectivity index (χ0) is 30.1. The second-order valence-corrected chi connectivity index (χ2v) is 11.5. The van der Waals surface area contributed by atoms with Crippen molar-refractivity contribution in [3.63, 3.8) is 0 Å². The van der Waals surface area contributed by atoms with Crippen LogP contribution in [0.15, 0.2) is 54.6 Å². The lowest BCUT2D eigenvalue weighted by Gasteiger charge is -2.30. The number of likely N-dealkylation sites (tertiary alicyclic amines) is 2. The number of benzene rings is 2. The zero-order valence-electron chi connectivity index (χ0n) is 25.9. The molecule has 2 aliphatic heterocycles. The van der Waals surface area contributed by atoms with E-state index in [1.807, 2.05) is 88.0 Å². The van der Waals surface area contributed by atoms with E-state index in [-0.39, 0.29) is 18.1 Å². The molecule has 4 rings (SSSR count). The van der Waals surface area contributed by atoms with Crippen LogP contribution >= 0.6 is 0 Å². The van der Waals surface area contributed by atoms with E-state index in [9.17, 15) is 14.4 Å². The first-order valence-corrected chi connectivity index (χ1v) is 15.6. The van der Waals surface area contributed by atoms with Gasteiger partial charge in [-0.05, 0) is 81.7 Å². The molecule has 0 aliphatic carbocycles. The molecule has 1 unspecified atom stereocenters. The van der Waals surface area contributed by atoms with E-state index >= 15 is 0 Å². The lowest BCUT2D eigenvalue weighted by Crippen LogP contribution is -2.45. The van der Waals surface area contributed by atoms with Gasteiger partial charge in [-0.15, -0.1) is 0 Å². The maximum Gasteiger partial charge on any atom is 0.328 e. The highest BCUT2D eigenvalue weighted by Gasteiger charge is 2.31. The molecule has 2 aliphatic rings. The van der Waals surface area contributed by atoms with Crippen LogP contribution < -0.4 is 9.80 Å². The van der Waals surface area contributed by atoms with Gasteiger partial charge in [-0.25, -0.2) is 14.4 Å². The standard InChI is InChI=1S/C33H48N6O3/c1-5-36(32(41)37(6-2)23-18-28-19-24-39(26-28)33(42)38-20-10-11-21-38)22-17-27-13-12-16-30(25-27)35(4)31(40)34(3)29-14-8-7-9-15-29/h7-9,12-16,25,28H,5-6,10-11,17-24,26H2,1-4H3. The highest BCUT2D eigenvalue weighted by molar-refractivity contribution is 6.02. The molecule has 0 radical (unpaired) electrons. The number of rotatable bonds is 10. The van der Waals surface area contributed by atoms with E-state index < -0.39 is 0 Å². The van der Waals surface area contributed by atoms with E-state index in [1.54, 1.807) is 23.9 Å². The summed E-state index contributed by atoms with van der Waals surface area (Å²) in [6.45, 7) is 10.1. The molecule has 0 saturated carbocycles. The highest BCUT2D eigenvalue weighted by atomic mass is 16.2. The molecule has 0 spiro atoms. The van der Waals surface area contributed by atoms with Crippen molar-refractivity contribution in [3.8, 4) is 0 Å². The third kappa shape index (κ3) is 7.75. The molecular weight excluding hydrogens is 528 g/mol. The number of carbonyl (C=O) groups excluding carboxylic acids is 3. The molecule has 6 amide bonds. The lowest BCUT2D eigenvalue weighted by molar-refractivity contribution is 0.153. The molecule has 0 bridgehead atoms. The first kappa shape index (κ1) is 31.2. The van der Waals surface area contributed by atoms with Gasteiger partial charge < -0.3 is 19.6 Å². The fraction of sp³-hybridized carbons (Fsp3) is 0.545. The fourth-order valence-corrected chi connectivity index (χ4v) is 5.95. The summed E-state index contributed by atoms with van der Waals surface area (Å²) in [5, 5.41) is 0. The summed E-state index contributed by atoms with van der Waals surface area (Å²) >= 11 is 0. The van der Waals surface area contributed by atoms with Gasteiger partial charge in [0.25, 0.3) is 0 Å². The summed E-state index contributed by atoms with van der Waals surface area (Å²) < 4.78 is 0. The highest BCUT2D eigenvalue weighted by Crippen LogP contribution is 2.23. The summed E-state index contributed by atoms with van der Waals surface area (Å²) in [6.07, 6.45) is 4.85. The monoisotopic (exact) mass is 576 g/mol. The Kier molecular flexibility index (Phi) is 11.1. The molecule has 0 N–H and O–H groups in total. The minimum atomic E-state index is -0.118. The van der Waals surface area contributed by atoms with Crippen molar-refractivity contribution in [2.24, 2.45) is 5.92 Å². The fourth-order valence-electron chi connectivity index (χ4n) is 5.95. The van der Waals surface area contributed by atoms with E-state index in [0.717, 1.165) is 68.8 Å². The summed E-state index contributed by atoms with van der Waals surface area (Å²) in [5.41, 5.74) is 2.74. The number of urea groups is 3. The third-order valence-corrected chi connectivity index (χ3v) is 8.73. The summed E-state index contributed by atoms with van der Waals surface area (Å²) in [5.74, 6) is 0.442. The van der Waals surface area contributed by atoms with Gasteiger partial charge in [-0.1, -0.05) is 30.3 Å². The Hall–Kier alpha value is -3.75. The van der Waals surface area contributed by atoms with Crippen molar-refractivity contribution < 1.29 is 14.4 Å². The second-order valence-electron chi connectivity index (χ2n) is 11.5. The van der Waals surface area contributed by atoms with Gasteiger partial charge in [-0.3, -0.25) is 9.80 Å². The molecule has 2 fully saturated rings. The molecule has 0 aromatic heterocycles. The molecule has 9 nitrogen and oxygen atoms in total. The quantitative estimate of drug-likeness (QED) is 0.369.